The molecular weight excluding hydrogens is 394 g/mol. The molecule has 0 radical (unpaired) electrons. The Morgan fingerprint density at radius 3 is 2.68 bits per heavy atom. The van der Waals surface area contributed by atoms with Crippen molar-refractivity contribution in [3.8, 4) is 5.75 Å². The molecule has 1 aliphatic heterocycles. The van der Waals surface area contributed by atoms with Gasteiger partial charge in [-0.25, -0.2) is 0 Å². The first kappa shape index (κ1) is 20.9. The van der Waals surface area contributed by atoms with Gasteiger partial charge in [-0.3, -0.25) is 4.90 Å². The minimum Gasteiger partial charge on any atom is -0.508 e. The van der Waals surface area contributed by atoms with Gasteiger partial charge in [0.2, 0.25) is 0 Å². The summed E-state index contributed by atoms with van der Waals surface area (Å²) in [7, 11) is 0. The predicted molar refractivity (Wildman–Crippen MR) is 118 cm³/mol. The molecule has 7 heteroatoms. The molecular formula is C21H26ClN3O2S. The van der Waals surface area contributed by atoms with Crippen LogP contribution in [0.3, 0.4) is 0 Å². The third kappa shape index (κ3) is 6.34. The summed E-state index contributed by atoms with van der Waals surface area (Å²) >= 11 is 11.8. The van der Waals surface area contributed by atoms with Gasteiger partial charge in [-0.15, -0.1) is 0 Å². The van der Waals surface area contributed by atoms with Crippen molar-refractivity contribution in [3.05, 3.63) is 59.1 Å². The SMILES string of the molecule is Oc1ccc(Cl)cc1CN(CCCN1CCOCC1)C(=S)Nc1ccccc1. The van der Waals surface area contributed by atoms with E-state index in [1.807, 2.05) is 30.3 Å². The van der Waals surface area contributed by atoms with Crippen molar-refractivity contribution >= 4 is 34.6 Å². The number of rotatable bonds is 7. The molecule has 0 atom stereocenters. The Balaban J connectivity index is 1.65. The van der Waals surface area contributed by atoms with Crippen molar-refractivity contribution < 1.29 is 9.84 Å². The highest BCUT2D eigenvalue weighted by Crippen LogP contribution is 2.23. The average molecular weight is 420 g/mol. The molecule has 5 nitrogen and oxygen atoms in total. The number of phenolic OH excluding ortho intramolecular Hbond substituents is 1. The van der Waals surface area contributed by atoms with Gasteiger partial charge in [-0.1, -0.05) is 29.8 Å². The summed E-state index contributed by atoms with van der Waals surface area (Å²) in [6, 6.07) is 15.0. The molecule has 1 saturated heterocycles. The summed E-state index contributed by atoms with van der Waals surface area (Å²) in [6.45, 7) is 5.82. The van der Waals surface area contributed by atoms with Crippen LogP contribution < -0.4 is 5.32 Å². The standard InChI is InChI=1S/C21H26ClN3O2S/c22-18-7-8-20(26)17(15-18)16-25(10-4-9-24-11-13-27-14-12-24)21(28)23-19-5-2-1-3-6-19/h1-3,5-8,15,26H,4,9-14,16H2,(H,23,28). The number of benzene rings is 2. The molecule has 2 N–H and O–H groups in total. The van der Waals surface area contributed by atoms with E-state index in [1.165, 1.54) is 0 Å². The van der Waals surface area contributed by atoms with Crippen molar-refractivity contribution in [1.82, 2.24) is 9.80 Å². The Labute approximate surface area is 176 Å². The maximum absolute atomic E-state index is 10.2. The molecule has 150 valence electrons. The van der Waals surface area contributed by atoms with Crippen LogP contribution in [0.15, 0.2) is 48.5 Å². The fourth-order valence-corrected chi connectivity index (χ4v) is 3.64. The molecule has 0 saturated carbocycles. The van der Waals surface area contributed by atoms with Gasteiger partial charge in [-0.05, 0) is 49.0 Å². The average Bonchev–Trinajstić information content (AvgIpc) is 2.71. The Hall–Kier alpha value is -1.86. The quantitative estimate of drug-likeness (QED) is 0.662. The van der Waals surface area contributed by atoms with Crippen LogP contribution in [-0.4, -0.2) is 59.4 Å². The second-order valence-electron chi connectivity index (χ2n) is 6.80. The molecule has 0 bridgehead atoms. The Bertz CT molecular complexity index is 770. The lowest BCUT2D eigenvalue weighted by molar-refractivity contribution is 0.0367. The number of aromatic hydroxyl groups is 1. The van der Waals surface area contributed by atoms with Crippen LogP contribution in [0.1, 0.15) is 12.0 Å². The predicted octanol–water partition coefficient (Wildman–Crippen LogP) is 3.97. The second kappa shape index (κ2) is 10.6. The summed E-state index contributed by atoms with van der Waals surface area (Å²) < 4.78 is 5.41. The van der Waals surface area contributed by atoms with Crippen LogP contribution in [-0.2, 0) is 11.3 Å². The lowest BCUT2D eigenvalue weighted by Crippen LogP contribution is -2.40. The number of thiocarbonyl (C=S) groups is 1. The number of nitrogens with one attached hydrogen (secondary N) is 1. The topological polar surface area (TPSA) is 48.0 Å². The molecule has 3 rings (SSSR count). The highest BCUT2D eigenvalue weighted by atomic mass is 35.5. The first-order chi connectivity index (χ1) is 13.6. The number of hydrogen-bond acceptors (Lipinski definition) is 4. The van der Waals surface area contributed by atoms with E-state index < -0.39 is 0 Å². The van der Waals surface area contributed by atoms with Crippen molar-refractivity contribution in [2.45, 2.75) is 13.0 Å². The minimum atomic E-state index is 0.227. The first-order valence-electron chi connectivity index (χ1n) is 9.50. The number of para-hydroxylation sites is 1. The van der Waals surface area contributed by atoms with Crippen molar-refractivity contribution in [2.24, 2.45) is 0 Å². The van der Waals surface area contributed by atoms with E-state index in [1.54, 1.807) is 18.2 Å². The first-order valence-corrected chi connectivity index (χ1v) is 10.3. The third-order valence-electron chi connectivity index (χ3n) is 4.72. The Morgan fingerprint density at radius 2 is 1.93 bits per heavy atom. The molecule has 0 amide bonds. The normalized spacial score (nSPS) is 14.6. The highest BCUT2D eigenvalue weighted by Gasteiger charge is 2.15. The fourth-order valence-electron chi connectivity index (χ4n) is 3.17. The molecule has 2 aromatic carbocycles. The monoisotopic (exact) mass is 419 g/mol. The molecule has 1 heterocycles. The van der Waals surface area contributed by atoms with Crippen LogP contribution >= 0.6 is 23.8 Å². The van der Waals surface area contributed by atoms with Gasteiger partial charge in [0.25, 0.3) is 0 Å². The van der Waals surface area contributed by atoms with E-state index in [2.05, 4.69) is 15.1 Å². The van der Waals surface area contributed by atoms with Gasteiger partial charge in [0.1, 0.15) is 5.75 Å². The van der Waals surface area contributed by atoms with Gasteiger partial charge in [-0.2, -0.15) is 0 Å². The number of morpholine rings is 1. The van der Waals surface area contributed by atoms with Gasteiger partial charge >= 0.3 is 0 Å². The number of nitrogens with zero attached hydrogens (tertiary/aromatic N) is 2. The lowest BCUT2D eigenvalue weighted by Gasteiger charge is -2.30. The summed E-state index contributed by atoms with van der Waals surface area (Å²) in [4.78, 5) is 4.49. The van der Waals surface area contributed by atoms with Crippen LogP contribution in [0.4, 0.5) is 5.69 Å². The number of halogens is 1. The summed E-state index contributed by atoms with van der Waals surface area (Å²) in [6.07, 6.45) is 0.970. The van der Waals surface area contributed by atoms with Crippen molar-refractivity contribution in [2.75, 3.05) is 44.7 Å². The number of hydrogen-bond donors (Lipinski definition) is 2. The zero-order valence-corrected chi connectivity index (χ0v) is 17.4. The number of phenols is 1. The molecule has 0 spiro atoms. The Kier molecular flexibility index (Phi) is 7.91. The highest BCUT2D eigenvalue weighted by molar-refractivity contribution is 7.80. The largest absolute Gasteiger partial charge is 0.508 e. The molecule has 0 aromatic heterocycles. The van der Waals surface area contributed by atoms with E-state index >= 15 is 0 Å². The van der Waals surface area contributed by atoms with Crippen LogP contribution in [0.5, 0.6) is 5.75 Å². The van der Waals surface area contributed by atoms with Gasteiger partial charge in [0.05, 0.1) is 13.2 Å². The fraction of sp³-hybridized carbons (Fsp3) is 0.381. The van der Waals surface area contributed by atoms with Crippen molar-refractivity contribution in [1.29, 1.82) is 0 Å². The van der Waals surface area contributed by atoms with E-state index in [4.69, 9.17) is 28.6 Å². The van der Waals surface area contributed by atoms with E-state index in [0.717, 1.165) is 57.1 Å². The number of anilines is 1. The molecule has 2 aromatic rings. The maximum Gasteiger partial charge on any atom is 0.173 e. The van der Waals surface area contributed by atoms with Crippen LogP contribution in [0, 0.1) is 0 Å². The Morgan fingerprint density at radius 1 is 1.18 bits per heavy atom. The number of ether oxygens (including phenoxy) is 1. The van der Waals surface area contributed by atoms with Crippen LogP contribution in [0.25, 0.3) is 0 Å². The lowest BCUT2D eigenvalue weighted by atomic mass is 10.2. The van der Waals surface area contributed by atoms with Crippen molar-refractivity contribution in [3.63, 3.8) is 0 Å². The minimum absolute atomic E-state index is 0.227. The molecule has 0 unspecified atom stereocenters. The molecule has 1 fully saturated rings. The summed E-state index contributed by atoms with van der Waals surface area (Å²) in [5.74, 6) is 0.227. The van der Waals surface area contributed by atoms with Gasteiger partial charge < -0.3 is 20.1 Å². The van der Waals surface area contributed by atoms with E-state index in [0.29, 0.717) is 16.7 Å². The zero-order valence-electron chi connectivity index (χ0n) is 15.8. The zero-order chi connectivity index (χ0) is 19.8. The maximum atomic E-state index is 10.2. The van der Waals surface area contributed by atoms with E-state index in [-0.39, 0.29) is 5.75 Å². The van der Waals surface area contributed by atoms with Gasteiger partial charge in [0.15, 0.2) is 5.11 Å². The van der Waals surface area contributed by atoms with Crippen LogP contribution in [0.2, 0.25) is 5.02 Å². The molecule has 0 aliphatic carbocycles. The summed E-state index contributed by atoms with van der Waals surface area (Å²) in [5, 5.41) is 14.7. The summed E-state index contributed by atoms with van der Waals surface area (Å²) in [5.41, 5.74) is 1.71. The molecule has 28 heavy (non-hydrogen) atoms. The third-order valence-corrected chi connectivity index (χ3v) is 5.32. The smallest absolute Gasteiger partial charge is 0.173 e. The molecule has 1 aliphatic rings. The van der Waals surface area contributed by atoms with E-state index in [9.17, 15) is 5.11 Å². The van der Waals surface area contributed by atoms with Gasteiger partial charge in [0, 0.05) is 49.0 Å². The second-order valence-corrected chi connectivity index (χ2v) is 7.62.